The second-order valence-corrected chi connectivity index (χ2v) is 5.68. The Hall–Kier alpha value is -2.69. The third kappa shape index (κ3) is 3.56. The monoisotopic (exact) mass is 308 g/mol. The lowest BCUT2D eigenvalue weighted by molar-refractivity contribution is 0.311. The van der Waals surface area contributed by atoms with Crippen molar-refractivity contribution in [3.63, 3.8) is 0 Å². The van der Waals surface area contributed by atoms with Gasteiger partial charge in [0.1, 0.15) is 0 Å². The molecule has 3 rings (SSSR count). The predicted molar refractivity (Wildman–Crippen MR) is 93.6 cm³/mol. The molecule has 0 amide bonds. The Morgan fingerprint density at radius 3 is 2.35 bits per heavy atom. The standard InChI is InChI=1S/C18H20N4O/c19-18(22-12-10-15(21-23)11-13-22)20-17-9-5-4-8-16(17)14-6-2-1-3-7-14/h1-9,15H,10-13H2,(H2,19,20). The van der Waals surface area contributed by atoms with Gasteiger partial charge >= 0.3 is 0 Å². The van der Waals surface area contributed by atoms with Crippen molar-refractivity contribution in [3.05, 3.63) is 59.5 Å². The summed E-state index contributed by atoms with van der Waals surface area (Å²) >= 11 is 0. The van der Waals surface area contributed by atoms with Crippen molar-refractivity contribution in [1.82, 2.24) is 4.90 Å². The van der Waals surface area contributed by atoms with Crippen LogP contribution in [0.4, 0.5) is 5.69 Å². The predicted octanol–water partition coefficient (Wildman–Crippen LogP) is 3.53. The van der Waals surface area contributed by atoms with E-state index in [9.17, 15) is 4.91 Å². The molecular formula is C18H20N4O. The zero-order chi connectivity index (χ0) is 16.1. The molecule has 5 heteroatoms. The Balaban J connectivity index is 1.84. The number of piperidine rings is 1. The Morgan fingerprint density at radius 1 is 1.00 bits per heavy atom. The van der Waals surface area contributed by atoms with Crippen molar-refractivity contribution in [2.24, 2.45) is 15.9 Å². The minimum atomic E-state index is -0.0874. The SMILES string of the molecule is NC(=Nc1ccccc1-c1ccccc1)N1CCC(N=O)CC1. The van der Waals surface area contributed by atoms with Crippen LogP contribution in [0.15, 0.2) is 64.8 Å². The van der Waals surface area contributed by atoms with Gasteiger partial charge in [-0.3, -0.25) is 0 Å². The van der Waals surface area contributed by atoms with E-state index < -0.39 is 0 Å². The number of nitrogens with zero attached hydrogens (tertiary/aromatic N) is 3. The molecule has 1 saturated heterocycles. The molecule has 0 aliphatic carbocycles. The second kappa shape index (κ2) is 7.05. The number of aliphatic imine (C=N–C) groups is 1. The summed E-state index contributed by atoms with van der Waals surface area (Å²) in [6.07, 6.45) is 1.47. The molecule has 118 valence electrons. The van der Waals surface area contributed by atoms with Gasteiger partial charge in [-0.1, -0.05) is 53.7 Å². The van der Waals surface area contributed by atoms with E-state index in [4.69, 9.17) is 5.73 Å². The van der Waals surface area contributed by atoms with Gasteiger partial charge in [0.25, 0.3) is 0 Å². The van der Waals surface area contributed by atoms with Gasteiger partial charge in [0, 0.05) is 18.7 Å². The van der Waals surface area contributed by atoms with E-state index in [0.717, 1.165) is 42.7 Å². The van der Waals surface area contributed by atoms with Gasteiger partial charge < -0.3 is 10.6 Å². The normalized spacial score (nSPS) is 16.3. The highest BCUT2D eigenvalue weighted by Gasteiger charge is 2.20. The lowest BCUT2D eigenvalue weighted by atomic mass is 10.0. The fourth-order valence-corrected chi connectivity index (χ4v) is 2.83. The van der Waals surface area contributed by atoms with Gasteiger partial charge in [-0.2, -0.15) is 4.91 Å². The Bertz CT molecular complexity index is 691. The van der Waals surface area contributed by atoms with Gasteiger partial charge in [-0.05, 0) is 24.5 Å². The summed E-state index contributed by atoms with van der Waals surface area (Å²) in [6, 6.07) is 18.0. The number of likely N-dealkylation sites (tertiary alicyclic amines) is 1. The third-order valence-corrected chi connectivity index (χ3v) is 4.16. The van der Waals surface area contributed by atoms with Crippen LogP contribution in [0.3, 0.4) is 0 Å². The maximum absolute atomic E-state index is 10.6. The molecule has 1 fully saturated rings. The number of hydrogen-bond acceptors (Lipinski definition) is 3. The summed E-state index contributed by atoms with van der Waals surface area (Å²) in [7, 11) is 0. The molecule has 0 atom stereocenters. The lowest BCUT2D eigenvalue weighted by Gasteiger charge is -2.29. The second-order valence-electron chi connectivity index (χ2n) is 5.68. The van der Waals surface area contributed by atoms with E-state index in [1.54, 1.807) is 0 Å². The van der Waals surface area contributed by atoms with E-state index >= 15 is 0 Å². The average molecular weight is 308 g/mol. The van der Waals surface area contributed by atoms with Gasteiger partial charge in [0.05, 0.1) is 11.7 Å². The van der Waals surface area contributed by atoms with Crippen LogP contribution in [-0.4, -0.2) is 30.0 Å². The maximum Gasteiger partial charge on any atom is 0.196 e. The average Bonchev–Trinajstić information content (AvgIpc) is 2.63. The molecule has 0 unspecified atom stereocenters. The molecule has 2 aromatic rings. The van der Waals surface area contributed by atoms with Crippen LogP contribution < -0.4 is 5.73 Å². The van der Waals surface area contributed by atoms with Crippen molar-refractivity contribution in [3.8, 4) is 11.1 Å². The highest BCUT2D eigenvalue weighted by molar-refractivity contribution is 5.85. The summed E-state index contributed by atoms with van der Waals surface area (Å²) in [5, 5.41) is 3.12. The number of nitrogens with two attached hydrogens (primary N) is 1. The van der Waals surface area contributed by atoms with Crippen LogP contribution >= 0.6 is 0 Å². The van der Waals surface area contributed by atoms with E-state index in [1.807, 2.05) is 47.4 Å². The smallest absolute Gasteiger partial charge is 0.196 e. The van der Waals surface area contributed by atoms with Crippen LogP contribution in [-0.2, 0) is 0 Å². The molecule has 1 heterocycles. The molecule has 0 radical (unpaired) electrons. The minimum absolute atomic E-state index is 0.0874. The highest BCUT2D eigenvalue weighted by Crippen LogP contribution is 2.30. The molecular weight excluding hydrogens is 288 g/mol. The molecule has 2 N–H and O–H groups in total. The topological polar surface area (TPSA) is 71.0 Å². The van der Waals surface area contributed by atoms with E-state index in [1.165, 1.54) is 0 Å². The van der Waals surface area contributed by atoms with Gasteiger partial charge in [-0.25, -0.2) is 4.99 Å². The molecule has 5 nitrogen and oxygen atoms in total. The number of guanidine groups is 1. The maximum atomic E-state index is 10.6. The molecule has 0 spiro atoms. The summed E-state index contributed by atoms with van der Waals surface area (Å²) < 4.78 is 0. The summed E-state index contributed by atoms with van der Waals surface area (Å²) in [6.45, 7) is 1.44. The number of rotatable bonds is 3. The molecule has 0 bridgehead atoms. The summed E-state index contributed by atoms with van der Waals surface area (Å²) in [5.74, 6) is 0.498. The summed E-state index contributed by atoms with van der Waals surface area (Å²) in [4.78, 5) is 17.2. The Kier molecular flexibility index (Phi) is 4.66. The number of hydrogen-bond donors (Lipinski definition) is 1. The van der Waals surface area contributed by atoms with Gasteiger partial charge in [0.15, 0.2) is 5.96 Å². The first kappa shape index (κ1) is 15.2. The van der Waals surface area contributed by atoms with E-state index in [-0.39, 0.29) is 6.04 Å². The number of nitroso groups, excluding NO2 is 1. The van der Waals surface area contributed by atoms with Crippen molar-refractivity contribution in [2.45, 2.75) is 18.9 Å². The lowest BCUT2D eigenvalue weighted by Crippen LogP contribution is -2.43. The number of para-hydroxylation sites is 1. The highest BCUT2D eigenvalue weighted by atomic mass is 16.3. The first-order valence-corrected chi connectivity index (χ1v) is 7.84. The third-order valence-electron chi connectivity index (χ3n) is 4.16. The van der Waals surface area contributed by atoms with Gasteiger partial charge in [-0.15, -0.1) is 0 Å². The molecule has 23 heavy (non-hydrogen) atoms. The van der Waals surface area contributed by atoms with Crippen LogP contribution in [0.5, 0.6) is 0 Å². The number of benzene rings is 2. The zero-order valence-corrected chi connectivity index (χ0v) is 12.9. The van der Waals surface area contributed by atoms with E-state index in [0.29, 0.717) is 5.96 Å². The van der Waals surface area contributed by atoms with Crippen molar-refractivity contribution in [1.29, 1.82) is 0 Å². The fourth-order valence-electron chi connectivity index (χ4n) is 2.83. The van der Waals surface area contributed by atoms with Crippen molar-refractivity contribution < 1.29 is 0 Å². The van der Waals surface area contributed by atoms with Crippen molar-refractivity contribution >= 4 is 11.6 Å². The summed E-state index contributed by atoms with van der Waals surface area (Å²) in [5.41, 5.74) is 9.21. The molecule has 0 saturated carbocycles. The largest absolute Gasteiger partial charge is 0.369 e. The molecule has 1 aliphatic rings. The van der Waals surface area contributed by atoms with Crippen LogP contribution in [0.25, 0.3) is 11.1 Å². The minimum Gasteiger partial charge on any atom is -0.369 e. The van der Waals surface area contributed by atoms with Crippen LogP contribution in [0.1, 0.15) is 12.8 Å². The molecule has 0 aromatic heterocycles. The molecule has 2 aromatic carbocycles. The van der Waals surface area contributed by atoms with Gasteiger partial charge in [0.2, 0.25) is 0 Å². The molecule has 1 aliphatic heterocycles. The van der Waals surface area contributed by atoms with Crippen LogP contribution in [0, 0.1) is 4.91 Å². The van der Waals surface area contributed by atoms with E-state index in [2.05, 4.69) is 22.3 Å². The quantitative estimate of drug-likeness (QED) is 0.535. The first-order valence-electron chi connectivity index (χ1n) is 7.84. The van der Waals surface area contributed by atoms with Crippen LogP contribution in [0.2, 0.25) is 0 Å². The fraction of sp³-hybridized carbons (Fsp3) is 0.278. The van der Waals surface area contributed by atoms with Crippen molar-refractivity contribution in [2.75, 3.05) is 13.1 Å². The first-order chi connectivity index (χ1) is 11.3. The Labute approximate surface area is 135 Å². The zero-order valence-electron chi connectivity index (χ0n) is 12.9. The Morgan fingerprint density at radius 2 is 1.65 bits per heavy atom.